The lowest BCUT2D eigenvalue weighted by atomic mass is 10.2. The predicted octanol–water partition coefficient (Wildman–Crippen LogP) is 1.54. The molecular formula is C24H26N4O6. The largest absolute Gasteiger partial charge is 0.485 e. The maximum Gasteiger partial charge on any atom is 0.333 e. The molecule has 1 atom stereocenters. The number of aliphatic hydroxyl groups excluding tert-OH is 2. The van der Waals surface area contributed by atoms with Crippen LogP contribution in [0.3, 0.4) is 0 Å². The first-order chi connectivity index (χ1) is 16.5. The van der Waals surface area contributed by atoms with Crippen molar-refractivity contribution in [3.05, 3.63) is 89.7 Å². The molecule has 10 nitrogen and oxygen atoms in total. The Morgan fingerprint density at radius 3 is 2.06 bits per heavy atom. The van der Waals surface area contributed by atoms with Gasteiger partial charge in [-0.2, -0.15) is 0 Å². The van der Waals surface area contributed by atoms with Gasteiger partial charge in [0.25, 0.3) is 5.91 Å². The predicted molar refractivity (Wildman–Crippen MR) is 123 cm³/mol. The number of hydrogen-bond donors (Lipinski definition) is 5. The van der Waals surface area contributed by atoms with Crippen LogP contribution in [-0.2, 0) is 13.2 Å². The molecule has 0 fully saturated rings. The van der Waals surface area contributed by atoms with Gasteiger partial charge in [-0.15, -0.1) is 0 Å². The molecule has 0 radical (unpaired) electrons. The Balaban J connectivity index is 1.66. The summed E-state index contributed by atoms with van der Waals surface area (Å²) in [5.74, 6) is -0.00694. The molecule has 34 heavy (non-hydrogen) atoms. The zero-order chi connectivity index (χ0) is 24.2. The molecule has 3 amide bonds. The molecule has 0 unspecified atom stereocenters. The summed E-state index contributed by atoms with van der Waals surface area (Å²) in [6.45, 7) is -0.138. The summed E-state index contributed by atoms with van der Waals surface area (Å²) in [6, 6.07) is 19.8. The molecule has 0 aliphatic heterocycles. The number of nitrogens with one attached hydrogen (secondary N) is 3. The van der Waals surface area contributed by atoms with Crippen molar-refractivity contribution in [3.8, 4) is 11.5 Å². The normalized spacial score (nSPS) is 11.2. The third-order valence-corrected chi connectivity index (χ3v) is 4.54. The number of benzene rings is 2. The average Bonchev–Trinajstić information content (AvgIpc) is 2.89. The lowest BCUT2D eigenvalue weighted by Gasteiger charge is -2.14. The van der Waals surface area contributed by atoms with Gasteiger partial charge in [0, 0.05) is 12.6 Å². The van der Waals surface area contributed by atoms with Crippen LogP contribution in [0.4, 0.5) is 4.79 Å². The minimum Gasteiger partial charge on any atom is -0.485 e. The third-order valence-electron chi connectivity index (χ3n) is 4.54. The first-order valence-corrected chi connectivity index (χ1v) is 10.5. The third kappa shape index (κ3) is 7.76. The van der Waals surface area contributed by atoms with Gasteiger partial charge in [-0.1, -0.05) is 60.7 Å². The number of carbonyl (C=O) groups excluding carboxylic acids is 2. The number of hydrazine groups is 1. The quantitative estimate of drug-likeness (QED) is 0.285. The first-order valence-electron chi connectivity index (χ1n) is 10.5. The number of aliphatic hydroxyl groups is 2. The highest BCUT2D eigenvalue weighted by Crippen LogP contribution is 2.28. The van der Waals surface area contributed by atoms with Crippen LogP contribution >= 0.6 is 0 Å². The molecule has 3 aromatic rings. The minimum absolute atomic E-state index is 0.00850. The molecule has 0 bridgehead atoms. The van der Waals surface area contributed by atoms with Crippen molar-refractivity contribution in [1.82, 2.24) is 21.2 Å². The van der Waals surface area contributed by atoms with Gasteiger partial charge in [-0.3, -0.25) is 10.2 Å². The van der Waals surface area contributed by atoms with Gasteiger partial charge in [-0.25, -0.2) is 15.2 Å². The molecule has 0 saturated carbocycles. The second-order valence-corrected chi connectivity index (χ2v) is 7.19. The van der Waals surface area contributed by atoms with Gasteiger partial charge in [0.05, 0.1) is 18.9 Å². The molecule has 2 aromatic carbocycles. The van der Waals surface area contributed by atoms with Crippen molar-refractivity contribution < 1.29 is 29.3 Å². The van der Waals surface area contributed by atoms with Gasteiger partial charge in [0.15, 0.2) is 11.5 Å². The van der Waals surface area contributed by atoms with E-state index >= 15 is 0 Å². The SMILES string of the molecule is O=C(NC[C@H](O)CO)NNC(=O)c1cc(OCc2ccccc2)c(OCc2ccccc2)cn1. The van der Waals surface area contributed by atoms with E-state index in [2.05, 4.69) is 21.2 Å². The average molecular weight is 466 g/mol. The summed E-state index contributed by atoms with van der Waals surface area (Å²) in [6.07, 6.45) is 0.284. The standard InChI is InChI=1S/C24H26N4O6/c29-14-19(30)12-26-24(32)28-27-23(31)20-11-21(33-15-17-7-3-1-4-8-17)22(13-25-20)34-16-18-9-5-2-6-10-18/h1-11,13,19,29-30H,12,14-16H2,(H,27,31)(H2,26,28,32)/t19-/m0/s1. The molecule has 0 aliphatic carbocycles. The van der Waals surface area contributed by atoms with Crippen molar-refractivity contribution >= 4 is 11.9 Å². The van der Waals surface area contributed by atoms with Crippen LogP contribution in [0.2, 0.25) is 0 Å². The molecule has 0 spiro atoms. The molecule has 0 aliphatic rings. The Morgan fingerprint density at radius 2 is 1.47 bits per heavy atom. The number of urea groups is 1. The molecule has 3 rings (SSSR count). The van der Waals surface area contributed by atoms with Crippen molar-refractivity contribution in [2.45, 2.75) is 19.3 Å². The van der Waals surface area contributed by atoms with Crippen LogP contribution in [0.1, 0.15) is 21.6 Å². The second kappa shape index (κ2) is 12.8. The Bertz CT molecular complexity index is 1070. The second-order valence-electron chi connectivity index (χ2n) is 7.19. The van der Waals surface area contributed by atoms with Gasteiger partial charge in [-0.05, 0) is 11.1 Å². The van der Waals surface area contributed by atoms with Gasteiger partial charge >= 0.3 is 6.03 Å². The number of amides is 3. The topological polar surface area (TPSA) is 142 Å². The summed E-state index contributed by atoms with van der Waals surface area (Å²) in [4.78, 5) is 28.3. The Kier molecular flexibility index (Phi) is 9.20. The Hall–Kier alpha value is -4.15. The summed E-state index contributed by atoms with van der Waals surface area (Å²) in [5, 5.41) is 20.3. The highest BCUT2D eigenvalue weighted by Gasteiger charge is 2.15. The number of aromatic nitrogens is 1. The van der Waals surface area contributed by atoms with Gasteiger partial charge in [0.2, 0.25) is 0 Å². The number of hydrogen-bond acceptors (Lipinski definition) is 7. The lowest BCUT2D eigenvalue weighted by molar-refractivity contribution is 0.0916. The number of rotatable bonds is 10. The van der Waals surface area contributed by atoms with E-state index in [1.54, 1.807) is 0 Å². The van der Waals surface area contributed by atoms with Crippen molar-refractivity contribution in [2.24, 2.45) is 0 Å². The van der Waals surface area contributed by atoms with Gasteiger partial charge < -0.3 is 25.0 Å². The zero-order valence-corrected chi connectivity index (χ0v) is 18.3. The van der Waals surface area contributed by atoms with Crippen LogP contribution in [0.25, 0.3) is 0 Å². The van der Waals surface area contributed by atoms with Crippen LogP contribution in [0.5, 0.6) is 11.5 Å². The van der Waals surface area contributed by atoms with Crippen LogP contribution in [0, 0.1) is 0 Å². The molecule has 1 heterocycles. The fourth-order valence-electron chi connectivity index (χ4n) is 2.74. The molecule has 0 saturated heterocycles. The van der Waals surface area contributed by atoms with E-state index in [0.29, 0.717) is 11.5 Å². The van der Waals surface area contributed by atoms with E-state index in [0.717, 1.165) is 11.1 Å². The molecule has 178 valence electrons. The van der Waals surface area contributed by atoms with E-state index in [-0.39, 0.29) is 25.5 Å². The van der Waals surface area contributed by atoms with Crippen molar-refractivity contribution in [1.29, 1.82) is 0 Å². The summed E-state index contributed by atoms with van der Waals surface area (Å²) < 4.78 is 11.8. The van der Waals surface area contributed by atoms with Gasteiger partial charge in [0.1, 0.15) is 18.9 Å². The maximum atomic E-state index is 12.5. The van der Waals surface area contributed by atoms with Crippen LogP contribution in [-0.4, -0.2) is 46.4 Å². The molecular weight excluding hydrogens is 440 g/mol. The van der Waals surface area contributed by atoms with E-state index in [4.69, 9.17) is 14.6 Å². The van der Waals surface area contributed by atoms with Crippen LogP contribution in [0.15, 0.2) is 72.9 Å². The number of ether oxygens (including phenoxy) is 2. The molecule has 10 heteroatoms. The number of nitrogens with zero attached hydrogens (tertiary/aromatic N) is 1. The number of carbonyl (C=O) groups is 2. The first kappa shape index (κ1) is 24.5. The fourth-order valence-corrected chi connectivity index (χ4v) is 2.74. The highest BCUT2D eigenvalue weighted by molar-refractivity contribution is 5.94. The van der Waals surface area contributed by atoms with Crippen molar-refractivity contribution in [3.63, 3.8) is 0 Å². The highest BCUT2D eigenvalue weighted by atomic mass is 16.5. The van der Waals surface area contributed by atoms with E-state index < -0.39 is 24.6 Å². The fraction of sp³-hybridized carbons (Fsp3) is 0.208. The minimum atomic E-state index is -1.10. The van der Waals surface area contributed by atoms with Crippen LogP contribution < -0.4 is 25.6 Å². The Morgan fingerprint density at radius 1 is 0.882 bits per heavy atom. The monoisotopic (exact) mass is 466 g/mol. The maximum absolute atomic E-state index is 12.5. The summed E-state index contributed by atoms with van der Waals surface area (Å²) >= 11 is 0. The van der Waals surface area contributed by atoms with Crippen molar-refractivity contribution in [2.75, 3.05) is 13.2 Å². The van der Waals surface area contributed by atoms with E-state index in [9.17, 15) is 14.7 Å². The Labute approximate surface area is 196 Å². The molecule has 5 N–H and O–H groups in total. The summed E-state index contributed by atoms with van der Waals surface area (Å²) in [5.41, 5.74) is 6.24. The lowest BCUT2D eigenvalue weighted by Crippen LogP contribution is -2.49. The smallest absolute Gasteiger partial charge is 0.333 e. The molecule has 1 aromatic heterocycles. The van der Waals surface area contributed by atoms with E-state index in [1.807, 2.05) is 60.7 Å². The summed E-state index contributed by atoms with van der Waals surface area (Å²) in [7, 11) is 0. The zero-order valence-electron chi connectivity index (χ0n) is 18.3. The number of pyridine rings is 1. The van der Waals surface area contributed by atoms with E-state index in [1.165, 1.54) is 12.3 Å².